The molecule has 0 radical (unpaired) electrons. The molecule has 7 heteroatoms. The molecule has 2 rings (SSSR count). The molecular weight excluding hydrogens is 282 g/mol. The van der Waals surface area contributed by atoms with Crippen molar-refractivity contribution < 1.29 is 14.3 Å². The van der Waals surface area contributed by atoms with Gasteiger partial charge >= 0.3 is 5.97 Å². The summed E-state index contributed by atoms with van der Waals surface area (Å²) in [5.74, 6) is -0.490. The summed E-state index contributed by atoms with van der Waals surface area (Å²) < 4.78 is 6.60. The number of carbonyl (C=O) groups excluding carboxylic acids is 2. The largest absolute Gasteiger partial charge is 0.466 e. The van der Waals surface area contributed by atoms with Crippen LogP contribution in [0.1, 0.15) is 19.8 Å². The molecule has 1 aliphatic heterocycles. The van der Waals surface area contributed by atoms with Gasteiger partial charge in [0.05, 0.1) is 12.5 Å². The number of hydrogen-bond acceptors (Lipinski definition) is 4. The first-order chi connectivity index (χ1) is 9.61. The molecule has 20 heavy (non-hydrogen) atoms. The van der Waals surface area contributed by atoms with Crippen molar-refractivity contribution in [1.29, 1.82) is 0 Å². The molecule has 1 amide bonds. The molecule has 6 nitrogen and oxygen atoms in total. The summed E-state index contributed by atoms with van der Waals surface area (Å²) in [6.45, 7) is 3.39. The summed E-state index contributed by atoms with van der Waals surface area (Å²) in [6.07, 6.45) is 4.79. The Balaban J connectivity index is 1.93. The normalized spacial score (nSPS) is 18.9. The van der Waals surface area contributed by atoms with Crippen LogP contribution in [0.4, 0.5) is 0 Å². The first-order valence-electron chi connectivity index (χ1n) is 6.73. The van der Waals surface area contributed by atoms with Crippen LogP contribution in [0.3, 0.4) is 0 Å². The van der Waals surface area contributed by atoms with E-state index in [0.717, 1.165) is 12.8 Å². The second-order valence-corrected chi connectivity index (χ2v) is 5.09. The number of amides is 1. The lowest BCUT2D eigenvalue weighted by Gasteiger charge is -2.31. The molecule has 1 aliphatic rings. The molecule has 1 aromatic heterocycles. The molecule has 0 spiro atoms. The lowest BCUT2D eigenvalue weighted by Crippen LogP contribution is -2.44. The van der Waals surface area contributed by atoms with Gasteiger partial charge in [0.25, 0.3) is 0 Å². The van der Waals surface area contributed by atoms with Gasteiger partial charge in [-0.25, -0.2) is 4.98 Å². The minimum absolute atomic E-state index is 0.0566. The van der Waals surface area contributed by atoms with E-state index in [9.17, 15) is 9.59 Å². The van der Waals surface area contributed by atoms with Crippen LogP contribution in [0.5, 0.6) is 0 Å². The van der Waals surface area contributed by atoms with Crippen molar-refractivity contribution in [3.8, 4) is 0 Å². The average molecular weight is 300 g/mol. The van der Waals surface area contributed by atoms with E-state index in [2.05, 4.69) is 4.98 Å². The summed E-state index contributed by atoms with van der Waals surface area (Å²) in [5.41, 5.74) is 0. The number of halogens is 1. The van der Waals surface area contributed by atoms with Gasteiger partial charge in [-0.3, -0.25) is 9.59 Å². The Morgan fingerprint density at radius 2 is 2.35 bits per heavy atom. The summed E-state index contributed by atoms with van der Waals surface area (Å²) in [7, 11) is 0. The fourth-order valence-electron chi connectivity index (χ4n) is 2.33. The van der Waals surface area contributed by atoms with Crippen molar-refractivity contribution in [2.45, 2.75) is 26.3 Å². The van der Waals surface area contributed by atoms with E-state index < -0.39 is 0 Å². The van der Waals surface area contributed by atoms with Crippen molar-refractivity contribution in [2.75, 3.05) is 19.7 Å². The molecule has 1 aromatic rings. The molecule has 0 aliphatic carbocycles. The predicted octanol–water partition coefficient (Wildman–Crippen LogP) is 1.34. The number of esters is 1. The lowest BCUT2D eigenvalue weighted by molar-refractivity contribution is -0.151. The molecule has 0 N–H and O–H groups in total. The molecule has 1 saturated heterocycles. The number of rotatable bonds is 4. The quantitative estimate of drug-likeness (QED) is 0.787. The first kappa shape index (κ1) is 14.8. The molecule has 0 bridgehead atoms. The van der Waals surface area contributed by atoms with Gasteiger partial charge in [-0.15, -0.1) is 0 Å². The molecule has 1 fully saturated rings. The smallest absolute Gasteiger partial charge is 0.310 e. The highest BCUT2D eigenvalue weighted by Gasteiger charge is 2.29. The summed E-state index contributed by atoms with van der Waals surface area (Å²) >= 11 is 5.85. The van der Waals surface area contributed by atoms with Gasteiger partial charge in [0, 0.05) is 25.5 Å². The lowest BCUT2D eigenvalue weighted by atomic mass is 9.98. The van der Waals surface area contributed by atoms with Gasteiger partial charge < -0.3 is 14.2 Å². The topological polar surface area (TPSA) is 64.4 Å². The van der Waals surface area contributed by atoms with Gasteiger partial charge in [-0.05, 0) is 31.4 Å². The Hall–Kier alpha value is -1.56. The Bertz CT molecular complexity index is 489. The SMILES string of the molecule is CCOC(=O)C1CCCN(C(=O)Cn2ccnc2Cl)C1. The zero-order chi connectivity index (χ0) is 14.5. The molecular formula is C13H18ClN3O3. The van der Waals surface area contributed by atoms with Gasteiger partial charge in [-0.1, -0.05) is 0 Å². The highest BCUT2D eigenvalue weighted by molar-refractivity contribution is 6.28. The molecule has 1 atom stereocenters. The number of piperidine rings is 1. The number of aromatic nitrogens is 2. The first-order valence-corrected chi connectivity index (χ1v) is 7.10. The van der Waals surface area contributed by atoms with Gasteiger partial charge in [0.15, 0.2) is 0 Å². The number of nitrogens with zero attached hydrogens (tertiary/aromatic N) is 3. The van der Waals surface area contributed by atoms with E-state index in [4.69, 9.17) is 16.3 Å². The van der Waals surface area contributed by atoms with Crippen molar-refractivity contribution in [3.05, 3.63) is 17.7 Å². The van der Waals surface area contributed by atoms with Crippen molar-refractivity contribution >= 4 is 23.5 Å². The maximum Gasteiger partial charge on any atom is 0.310 e. The van der Waals surface area contributed by atoms with E-state index in [-0.39, 0.29) is 29.6 Å². The highest BCUT2D eigenvalue weighted by Crippen LogP contribution is 2.18. The van der Waals surface area contributed by atoms with Crippen molar-refractivity contribution in [3.63, 3.8) is 0 Å². The van der Waals surface area contributed by atoms with Crippen LogP contribution < -0.4 is 0 Å². The molecule has 110 valence electrons. The van der Waals surface area contributed by atoms with Gasteiger partial charge in [-0.2, -0.15) is 0 Å². The third kappa shape index (κ3) is 3.50. The zero-order valence-corrected chi connectivity index (χ0v) is 12.2. The number of imidazole rings is 1. The van der Waals surface area contributed by atoms with E-state index in [1.165, 1.54) is 0 Å². The van der Waals surface area contributed by atoms with Gasteiger partial charge in [0.1, 0.15) is 6.54 Å². The number of carbonyl (C=O) groups is 2. The summed E-state index contributed by atoms with van der Waals surface area (Å²) in [4.78, 5) is 29.5. The van der Waals surface area contributed by atoms with Crippen LogP contribution in [0.25, 0.3) is 0 Å². The predicted molar refractivity (Wildman–Crippen MR) is 73.2 cm³/mol. The van der Waals surface area contributed by atoms with Crippen molar-refractivity contribution in [1.82, 2.24) is 14.5 Å². The second-order valence-electron chi connectivity index (χ2n) is 4.76. The summed E-state index contributed by atoms with van der Waals surface area (Å²) in [5, 5.41) is 0.289. The van der Waals surface area contributed by atoms with Crippen LogP contribution in [-0.2, 0) is 20.9 Å². The van der Waals surface area contributed by atoms with E-state index in [1.807, 2.05) is 0 Å². The number of likely N-dealkylation sites (tertiary alicyclic amines) is 1. The zero-order valence-electron chi connectivity index (χ0n) is 11.4. The third-order valence-corrected chi connectivity index (χ3v) is 3.68. The van der Waals surface area contributed by atoms with E-state index in [1.54, 1.807) is 28.8 Å². The van der Waals surface area contributed by atoms with Crippen LogP contribution in [0.2, 0.25) is 5.28 Å². The van der Waals surface area contributed by atoms with Crippen molar-refractivity contribution in [2.24, 2.45) is 5.92 Å². The Morgan fingerprint density at radius 3 is 3.00 bits per heavy atom. The molecule has 2 heterocycles. The minimum Gasteiger partial charge on any atom is -0.466 e. The fraction of sp³-hybridized carbons (Fsp3) is 0.615. The Kier molecular flexibility index (Phi) is 5.00. The standard InChI is InChI=1S/C13H18ClN3O3/c1-2-20-12(19)10-4-3-6-16(8-10)11(18)9-17-7-5-15-13(17)14/h5,7,10H,2-4,6,8-9H2,1H3. The third-order valence-electron chi connectivity index (χ3n) is 3.36. The Labute approximate surface area is 122 Å². The maximum absolute atomic E-state index is 12.2. The molecule has 1 unspecified atom stereocenters. The molecule has 0 aromatic carbocycles. The second kappa shape index (κ2) is 6.74. The highest BCUT2D eigenvalue weighted by atomic mass is 35.5. The van der Waals surface area contributed by atoms with Crippen LogP contribution >= 0.6 is 11.6 Å². The number of hydrogen-bond donors (Lipinski definition) is 0. The van der Waals surface area contributed by atoms with Gasteiger partial charge in [0.2, 0.25) is 11.2 Å². The minimum atomic E-state index is -0.217. The van der Waals surface area contributed by atoms with Crippen LogP contribution in [0.15, 0.2) is 12.4 Å². The number of ether oxygens (including phenoxy) is 1. The Morgan fingerprint density at radius 1 is 1.55 bits per heavy atom. The van der Waals surface area contributed by atoms with E-state index >= 15 is 0 Å². The molecule has 0 saturated carbocycles. The summed E-state index contributed by atoms with van der Waals surface area (Å²) in [6, 6.07) is 0. The van der Waals surface area contributed by atoms with Crippen LogP contribution in [-0.4, -0.2) is 46.0 Å². The maximum atomic E-state index is 12.2. The fourth-order valence-corrected chi connectivity index (χ4v) is 2.50. The average Bonchev–Trinajstić information content (AvgIpc) is 2.85. The monoisotopic (exact) mass is 299 g/mol. The van der Waals surface area contributed by atoms with Crippen LogP contribution in [0, 0.1) is 5.92 Å². The van der Waals surface area contributed by atoms with E-state index in [0.29, 0.717) is 19.7 Å².